The Kier molecular flexibility index (Phi) is 8.12. The smallest absolute Gasteiger partial charge is 0.348 e. The summed E-state index contributed by atoms with van der Waals surface area (Å²) in [7, 11) is -6.46. The van der Waals surface area contributed by atoms with E-state index in [1.807, 2.05) is 39.8 Å². The highest BCUT2D eigenvalue weighted by atomic mass is 35.5. The summed E-state index contributed by atoms with van der Waals surface area (Å²) in [5.41, 5.74) is 0.450. The van der Waals surface area contributed by atoms with E-state index in [1.165, 1.54) is 0 Å². The summed E-state index contributed by atoms with van der Waals surface area (Å²) in [6.45, 7) is 23.1. The first-order valence-electron chi connectivity index (χ1n) is 9.85. The first-order chi connectivity index (χ1) is 12.3. The van der Waals surface area contributed by atoms with Crippen molar-refractivity contribution in [3.05, 3.63) is 28.8 Å². The van der Waals surface area contributed by atoms with Crippen molar-refractivity contribution in [1.29, 1.82) is 0 Å². The number of ketones is 1. The molecule has 0 aromatic heterocycles. The SMILES string of the molecule is CC(NC(C)(C)C)C(=O)c1cc(Cl)cc([Si](C)(O[Si](C)(C)C)O[Si](C)(C)C)c1. The molecule has 1 rings (SSSR count). The molecule has 160 valence electrons. The van der Waals surface area contributed by atoms with Crippen LogP contribution >= 0.6 is 11.6 Å². The van der Waals surface area contributed by atoms with Crippen LogP contribution in [0.25, 0.3) is 0 Å². The average molecular weight is 460 g/mol. The zero-order chi connectivity index (χ0) is 22.1. The minimum Gasteiger partial charge on any atom is -0.433 e. The highest BCUT2D eigenvalue weighted by Crippen LogP contribution is 2.23. The van der Waals surface area contributed by atoms with E-state index < -0.39 is 25.2 Å². The number of nitrogens with one attached hydrogen (secondary N) is 1. The van der Waals surface area contributed by atoms with Crippen LogP contribution in [-0.2, 0) is 8.23 Å². The number of rotatable bonds is 8. The van der Waals surface area contributed by atoms with Crippen molar-refractivity contribution >= 4 is 47.8 Å². The quantitative estimate of drug-likeness (QED) is 0.424. The lowest BCUT2D eigenvalue weighted by atomic mass is 10.0. The lowest BCUT2D eigenvalue weighted by Gasteiger charge is -2.39. The van der Waals surface area contributed by atoms with E-state index in [0.717, 1.165) is 5.19 Å². The third-order valence-electron chi connectivity index (χ3n) is 3.75. The Morgan fingerprint density at radius 1 is 0.964 bits per heavy atom. The van der Waals surface area contributed by atoms with Gasteiger partial charge in [0.25, 0.3) is 0 Å². The Bertz CT molecular complexity index is 690. The van der Waals surface area contributed by atoms with Crippen LogP contribution in [0, 0.1) is 0 Å². The Labute approximate surface area is 179 Å². The summed E-state index contributed by atoms with van der Waals surface area (Å²) >= 11 is 6.44. The second-order valence-corrected chi connectivity index (χ2v) is 23.6. The van der Waals surface area contributed by atoms with Gasteiger partial charge in [-0.25, -0.2) is 0 Å². The van der Waals surface area contributed by atoms with Gasteiger partial charge in [0.15, 0.2) is 22.4 Å². The Hall–Kier alpha value is -0.289. The molecule has 0 fully saturated rings. The molecular formula is C20H38ClNO3Si3. The molecule has 0 bridgehead atoms. The van der Waals surface area contributed by atoms with Crippen LogP contribution in [0.5, 0.6) is 0 Å². The molecule has 0 heterocycles. The number of Topliss-reactive ketones (excluding diaryl/α,β-unsaturated/α-hetero) is 1. The average Bonchev–Trinajstić information content (AvgIpc) is 2.39. The van der Waals surface area contributed by atoms with Crippen molar-refractivity contribution in [3.8, 4) is 0 Å². The summed E-state index contributed by atoms with van der Waals surface area (Å²) < 4.78 is 13.2. The number of halogens is 1. The van der Waals surface area contributed by atoms with Crippen LogP contribution in [-0.4, -0.2) is 42.6 Å². The van der Waals surface area contributed by atoms with Crippen LogP contribution in [0.3, 0.4) is 0 Å². The highest BCUT2D eigenvalue weighted by Gasteiger charge is 2.42. The van der Waals surface area contributed by atoms with E-state index in [0.29, 0.717) is 10.6 Å². The molecule has 1 aromatic carbocycles. The van der Waals surface area contributed by atoms with Crippen molar-refractivity contribution < 1.29 is 13.0 Å². The second kappa shape index (κ2) is 8.83. The Balaban J connectivity index is 3.40. The molecule has 1 unspecified atom stereocenters. The van der Waals surface area contributed by atoms with Gasteiger partial charge in [0.2, 0.25) is 0 Å². The Morgan fingerprint density at radius 2 is 1.43 bits per heavy atom. The van der Waals surface area contributed by atoms with Crippen molar-refractivity contribution in [1.82, 2.24) is 5.32 Å². The van der Waals surface area contributed by atoms with E-state index in [9.17, 15) is 4.79 Å². The van der Waals surface area contributed by atoms with Crippen LogP contribution in [0.2, 0.25) is 50.9 Å². The molecular weight excluding hydrogens is 422 g/mol. The lowest BCUT2D eigenvalue weighted by molar-refractivity contribution is 0.0936. The van der Waals surface area contributed by atoms with Gasteiger partial charge in [0.1, 0.15) is 0 Å². The maximum absolute atomic E-state index is 13.1. The van der Waals surface area contributed by atoms with Gasteiger partial charge in [-0.1, -0.05) is 11.6 Å². The molecule has 1 N–H and O–H groups in total. The molecule has 1 aromatic rings. The van der Waals surface area contributed by atoms with Gasteiger partial charge in [0, 0.05) is 16.1 Å². The van der Waals surface area contributed by atoms with Crippen molar-refractivity contribution in [2.45, 2.75) is 85.1 Å². The monoisotopic (exact) mass is 459 g/mol. The largest absolute Gasteiger partial charge is 0.433 e. The van der Waals surface area contributed by atoms with Gasteiger partial charge in [-0.05, 0) is 96.9 Å². The van der Waals surface area contributed by atoms with E-state index in [1.54, 1.807) is 6.07 Å². The summed E-state index contributed by atoms with van der Waals surface area (Å²) in [6.07, 6.45) is 0. The van der Waals surface area contributed by atoms with Crippen molar-refractivity contribution in [3.63, 3.8) is 0 Å². The van der Waals surface area contributed by atoms with Gasteiger partial charge in [-0.3, -0.25) is 4.79 Å². The van der Waals surface area contributed by atoms with E-state index in [2.05, 4.69) is 51.1 Å². The summed E-state index contributed by atoms with van der Waals surface area (Å²) in [5, 5.41) is 4.81. The lowest BCUT2D eigenvalue weighted by Crippen LogP contribution is -2.60. The molecule has 0 radical (unpaired) electrons. The second-order valence-electron chi connectivity index (χ2n) is 10.6. The van der Waals surface area contributed by atoms with Crippen LogP contribution in [0.1, 0.15) is 38.1 Å². The van der Waals surface area contributed by atoms with Crippen LogP contribution in [0.4, 0.5) is 0 Å². The standard InChI is InChI=1S/C20H38ClNO3Si3/c1-15(22-20(2,3)4)19(23)16-12-17(21)14-18(13-16)28(11,24-26(5,6)7)25-27(8,9)10/h12-15,22H,1-11H3. The zero-order valence-electron chi connectivity index (χ0n) is 19.4. The van der Waals surface area contributed by atoms with Gasteiger partial charge < -0.3 is 13.5 Å². The zero-order valence-corrected chi connectivity index (χ0v) is 23.2. The minimum atomic E-state index is -2.72. The maximum Gasteiger partial charge on any atom is 0.348 e. The summed E-state index contributed by atoms with van der Waals surface area (Å²) in [6, 6.07) is 5.27. The molecule has 0 aliphatic carbocycles. The first-order valence-corrected chi connectivity index (χ1v) is 19.4. The number of benzene rings is 1. The van der Waals surface area contributed by atoms with Gasteiger partial charge in [-0.2, -0.15) is 0 Å². The number of hydrogen-bond acceptors (Lipinski definition) is 4. The molecule has 8 heteroatoms. The molecule has 0 saturated heterocycles. The van der Waals surface area contributed by atoms with Crippen LogP contribution in [0.15, 0.2) is 18.2 Å². The van der Waals surface area contributed by atoms with E-state index in [4.69, 9.17) is 19.8 Å². The van der Waals surface area contributed by atoms with E-state index in [-0.39, 0.29) is 17.4 Å². The molecule has 0 aliphatic heterocycles. The third kappa shape index (κ3) is 8.61. The summed E-state index contributed by atoms with van der Waals surface area (Å²) in [5.74, 6) is 0.0241. The summed E-state index contributed by atoms with van der Waals surface area (Å²) in [4.78, 5) is 13.1. The fourth-order valence-corrected chi connectivity index (χ4v) is 15.3. The predicted molar refractivity (Wildman–Crippen MR) is 128 cm³/mol. The topological polar surface area (TPSA) is 47.6 Å². The molecule has 0 amide bonds. The normalized spacial score (nSPS) is 14.9. The minimum absolute atomic E-state index is 0.0241. The fourth-order valence-electron chi connectivity index (χ4n) is 3.27. The fraction of sp³-hybridized carbons (Fsp3) is 0.650. The Morgan fingerprint density at radius 3 is 1.82 bits per heavy atom. The van der Waals surface area contributed by atoms with Gasteiger partial charge in [-0.15, -0.1) is 0 Å². The molecule has 28 heavy (non-hydrogen) atoms. The molecule has 1 atom stereocenters. The predicted octanol–water partition coefficient (Wildman–Crippen LogP) is 5.28. The highest BCUT2D eigenvalue weighted by molar-refractivity contribution is 6.94. The van der Waals surface area contributed by atoms with E-state index >= 15 is 0 Å². The van der Waals surface area contributed by atoms with Crippen LogP contribution < -0.4 is 10.5 Å². The third-order valence-corrected chi connectivity index (χ3v) is 13.3. The number of carbonyl (C=O) groups excluding carboxylic acids is 1. The molecule has 4 nitrogen and oxygen atoms in total. The first kappa shape index (κ1) is 25.7. The van der Waals surface area contributed by atoms with Gasteiger partial charge >= 0.3 is 8.56 Å². The molecule has 0 saturated carbocycles. The number of carbonyl (C=O) groups is 1. The van der Waals surface area contributed by atoms with Gasteiger partial charge in [0.05, 0.1) is 6.04 Å². The molecule has 0 aliphatic rings. The number of hydrogen-bond donors (Lipinski definition) is 1. The van der Waals surface area contributed by atoms with Crippen molar-refractivity contribution in [2.24, 2.45) is 0 Å². The van der Waals surface area contributed by atoms with Crippen molar-refractivity contribution in [2.75, 3.05) is 0 Å². The maximum atomic E-state index is 13.1. The molecule has 0 spiro atoms.